The number of nitrogens with zero attached hydrogens (tertiary/aromatic N) is 3. The van der Waals surface area contributed by atoms with Crippen LogP contribution in [0.2, 0.25) is 0 Å². The van der Waals surface area contributed by atoms with Gasteiger partial charge in [0.25, 0.3) is 0 Å². The zero-order valence-electron chi connectivity index (χ0n) is 16.8. The Balaban J connectivity index is 1.76. The first-order valence-corrected chi connectivity index (χ1v) is 10.8. The number of piperidine rings is 1. The summed E-state index contributed by atoms with van der Waals surface area (Å²) in [6.45, 7) is 14.0. The number of hydrogen-bond acceptors (Lipinski definition) is 5. The fraction of sp³-hybridized carbons (Fsp3) is 0.789. The van der Waals surface area contributed by atoms with Gasteiger partial charge >= 0.3 is 0 Å². The summed E-state index contributed by atoms with van der Waals surface area (Å²) in [5.74, 6) is 0.903. The van der Waals surface area contributed by atoms with Gasteiger partial charge in [-0.1, -0.05) is 6.92 Å². The lowest BCUT2D eigenvalue weighted by molar-refractivity contribution is 0.0532. The Morgan fingerprint density at radius 2 is 2.15 bits per heavy atom. The van der Waals surface area contributed by atoms with E-state index in [9.17, 15) is 0 Å². The molecule has 0 unspecified atom stereocenters. The number of aryl methyl sites for hydroxylation is 1. The van der Waals surface area contributed by atoms with E-state index in [1.54, 1.807) is 11.3 Å². The molecule has 0 saturated carbocycles. The molecule has 0 aromatic carbocycles. The van der Waals surface area contributed by atoms with Crippen LogP contribution >= 0.6 is 11.3 Å². The first-order valence-electron chi connectivity index (χ1n) is 9.92. The number of aromatic nitrogens is 1. The van der Waals surface area contributed by atoms with Gasteiger partial charge in [0.15, 0.2) is 5.96 Å². The van der Waals surface area contributed by atoms with Gasteiger partial charge in [-0.2, -0.15) is 0 Å². The third-order valence-electron chi connectivity index (χ3n) is 4.43. The fourth-order valence-electron chi connectivity index (χ4n) is 2.98. The lowest BCUT2D eigenvalue weighted by Crippen LogP contribution is -2.49. The summed E-state index contributed by atoms with van der Waals surface area (Å²) in [6, 6.07) is 0.483. The van der Waals surface area contributed by atoms with Crippen LogP contribution in [0.4, 0.5) is 0 Å². The van der Waals surface area contributed by atoms with Gasteiger partial charge in [-0.25, -0.2) is 9.98 Å². The molecule has 1 aromatic rings. The molecule has 0 atom stereocenters. The highest BCUT2D eigenvalue weighted by Crippen LogP contribution is 2.12. The highest BCUT2D eigenvalue weighted by atomic mass is 32.1. The van der Waals surface area contributed by atoms with Crippen molar-refractivity contribution in [3.05, 3.63) is 16.1 Å². The number of nitrogens with one attached hydrogen (secondary N) is 2. The Labute approximate surface area is 162 Å². The van der Waals surface area contributed by atoms with Crippen molar-refractivity contribution in [2.45, 2.75) is 65.6 Å². The van der Waals surface area contributed by atoms with E-state index in [0.717, 1.165) is 63.7 Å². The number of ether oxygens (including phenoxy) is 1. The molecular formula is C19H35N5OS. The summed E-state index contributed by atoms with van der Waals surface area (Å²) in [7, 11) is 0. The lowest BCUT2D eigenvalue weighted by atomic mass is 10.1. The highest BCUT2D eigenvalue weighted by molar-refractivity contribution is 7.09. The SMILES string of the molecule is CCNC(=NCc1csc(CC)n1)NC1CCN(CCOC(C)C)CC1. The smallest absolute Gasteiger partial charge is 0.191 e. The number of hydrogen-bond donors (Lipinski definition) is 2. The monoisotopic (exact) mass is 381 g/mol. The molecule has 1 fully saturated rings. The predicted octanol–water partition coefficient (Wildman–Crippen LogP) is 2.65. The summed E-state index contributed by atoms with van der Waals surface area (Å²) in [5.41, 5.74) is 1.06. The number of rotatable bonds is 9. The molecule has 6 nitrogen and oxygen atoms in total. The minimum absolute atomic E-state index is 0.319. The Kier molecular flexibility index (Phi) is 9.36. The summed E-state index contributed by atoms with van der Waals surface area (Å²) < 4.78 is 5.66. The van der Waals surface area contributed by atoms with E-state index in [1.165, 1.54) is 5.01 Å². The van der Waals surface area contributed by atoms with Crippen LogP contribution in [-0.2, 0) is 17.7 Å². The van der Waals surface area contributed by atoms with Crippen LogP contribution in [0.3, 0.4) is 0 Å². The van der Waals surface area contributed by atoms with Crippen molar-refractivity contribution in [1.29, 1.82) is 0 Å². The first-order chi connectivity index (χ1) is 12.6. The summed E-state index contributed by atoms with van der Waals surface area (Å²) in [4.78, 5) is 11.8. The normalized spacial score (nSPS) is 17.0. The fourth-order valence-corrected chi connectivity index (χ4v) is 3.71. The Morgan fingerprint density at radius 1 is 1.38 bits per heavy atom. The van der Waals surface area contributed by atoms with Crippen molar-refractivity contribution < 1.29 is 4.74 Å². The van der Waals surface area contributed by atoms with E-state index in [4.69, 9.17) is 9.73 Å². The number of aliphatic imine (C=N–C) groups is 1. The minimum Gasteiger partial charge on any atom is -0.377 e. The van der Waals surface area contributed by atoms with E-state index >= 15 is 0 Å². The van der Waals surface area contributed by atoms with Gasteiger partial charge in [0.2, 0.25) is 0 Å². The molecule has 1 aliphatic rings. The average Bonchev–Trinajstić information content (AvgIpc) is 3.09. The van der Waals surface area contributed by atoms with E-state index in [2.05, 4.69) is 53.6 Å². The maximum absolute atomic E-state index is 5.66. The van der Waals surface area contributed by atoms with Crippen LogP contribution in [0.15, 0.2) is 10.4 Å². The molecular weight excluding hydrogens is 346 g/mol. The standard InChI is InChI=1S/C19H35N5OS/c1-5-18-22-17(14-26-18)13-21-19(20-6-2)23-16-7-9-24(10-8-16)11-12-25-15(3)4/h14-16H,5-13H2,1-4H3,(H2,20,21,23). The van der Waals surface area contributed by atoms with Crippen molar-refractivity contribution >= 4 is 17.3 Å². The van der Waals surface area contributed by atoms with Gasteiger partial charge in [0, 0.05) is 37.6 Å². The molecule has 26 heavy (non-hydrogen) atoms. The molecule has 0 bridgehead atoms. The predicted molar refractivity (Wildman–Crippen MR) is 110 cm³/mol. The van der Waals surface area contributed by atoms with Crippen LogP contribution in [0.1, 0.15) is 51.2 Å². The number of thiazole rings is 1. The molecule has 1 aliphatic heterocycles. The second-order valence-corrected chi connectivity index (χ2v) is 7.90. The molecule has 148 valence electrons. The van der Waals surface area contributed by atoms with Crippen molar-refractivity contribution in [2.24, 2.45) is 4.99 Å². The zero-order chi connectivity index (χ0) is 18.8. The van der Waals surface area contributed by atoms with Crippen molar-refractivity contribution in [3.63, 3.8) is 0 Å². The van der Waals surface area contributed by atoms with E-state index in [-0.39, 0.29) is 0 Å². The Morgan fingerprint density at radius 3 is 2.77 bits per heavy atom. The second-order valence-electron chi connectivity index (χ2n) is 6.96. The van der Waals surface area contributed by atoms with Crippen molar-refractivity contribution in [1.82, 2.24) is 20.5 Å². The zero-order valence-corrected chi connectivity index (χ0v) is 17.6. The van der Waals surface area contributed by atoms with Gasteiger partial charge in [0.05, 0.1) is 30.0 Å². The second kappa shape index (κ2) is 11.5. The summed E-state index contributed by atoms with van der Waals surface area (Å²) in [5, 5.41) is 10.3. The molecule has 2 heterocycles. The molecule has 0 radical (unpaired) electrons. The molecule has 1 saturated heterocycles. The van der Waals surface area contributed by atoms with Crippen molar-refractivity contribution in [2.75, 3.05) is 32.8 Å². The Bertz CT molecular complexity index is 538. The van der Waals surface area contributed by atoms with Crippen molar-refractivity contribution in [3.8, 4) is 0 Å². The molecule has 2 rings (SSSR count). The van der Waals surface area contributed by atoms with Crippen LogP contribution in [0.25, 0.3) is 0 Å². The maximum Gasteiger partial charge on any atom is 0.191 e. The van der Waals surface area contributed by atoms with E-state index in [0.29, 0.717) is 18.7 Å². The van der Waals surface area contributed by atoms with Crippen LogP contribution < -0.4 is 10.6 Å². The average molecular weight is 382 g/mol. The van der Waals surface area contributed by atoms with Crippen LogP contribution in [-0.4, -0.2) is 60.8 Å². The minimum atomic E-state index is 0.319. The summed E-state index contributed by atoms with van der Waals surface area (Å²) in [6.07, 6.45) is 3.60. The first kappa shape index (κ1) is 21.1. The van der Waals surface area contributed by atoms with Crippen LogP contribution in [0.5, 0.6) is 0 Å². The van der Waals surface area contributed by atoms with Gasteiger partial charge in [-0.05, 0) is 40.0 Å². The number of guanidine groups is 1. The third kappa shape index (κ3) is 7.60. The lowest BCUT2D eigenvalue weighted by Gasteiger charge is -2.33. The quantitative estimate of drug-likeness (QED) is 0.509. The van der Waals surface area contributed by atoms with Gasteiger partial charge in [-0.3, -0.25) is 0 Å². The van der Waals surface area contributed by atoms with Gasteiger partial charge in [0.1, 0.15) is 0 Å². The van der Waals surface area contributed by atoms with Gasteiger partial charge in [-0.15, -0.1) is 11.3 Å². The molecule has 7 heteroatoms. The third-order valence-corrected chi connectivity index (χ3v) is 5.47. The van der Waals surface area contributed by atoms with E-state index in [1.807, 2.05) is 0 Å². The highest BCUT2D eigenvalue weighted by Gasteiger charge is 2.19. The van der Waals surface area contributed by atoms with E-state index < -0.39 is 0 Å². The number of likely N-dealkylation sites (tertiary alicyclic amines) is 1. The molecule has 0 amide bonds. The largest absolute Gasteiger partial charge is 0.377 e. The molecule has 2 N–H and O–H groups in total. The topological polar surface area (TPSA) is 61.8 Å². The molecule has 0 spiro atoms. The summed E-state index contributed by atoms with van der Waals surface area (Å²) >= 11 is 1.72. The van der Waals surface area contributed by atoms with Crippen LogP contribution in [0, 0.1) is 0 Å². The Hall–Kier alpha value is -1.18. The molecule has 1 aromatic heterocycles. The van der Waals surface area contributed by atoms with Gasteiger partial charge < -0.3 is 20.3 Å². The molecule has 0 aliphatic carbocycles. The maximum atomic E-state index is 5.66.